The molecule has 0 radical (unpaired) electrons. The largest absolute Gasteiger partial charge is 0.472 e. The van der Waals surface area contributed by atoms with Gasteiger partial charge in [0.1, 0.15) is 22.7 Å². The normalized spacial score (nSPS) is 11.6. The number of aryl methyl sites for hydroxylation is 1. The number of rotatable bonds is 7. The van der Waals surface area contributed by atoms with Crippen molar-refractivity contribution in [2.75, 3.05) is 4.72 Å². The Labute approximate surface area is 193 Å². The molecule has 0 spiro atoms. The first-order chi connectivity index (χ1) is 16.4. The van der Waals surface area contributed by atoms with Crippen molar-refractivity contribution in [1.82, 2.24) is 30.4 Å². The van der Waals surface area contributed by atoms with Crippen LogP contribution in [-0.2, 0) is 16.6 Å². The van der Waals surface area contributed by atoms with Crippen LogP contribution in [0.4, 0.5) is 10.1 Å². The first-order valence-corrected chi connectivity index (χ1v) is 11.6. The quantitative estimate of drug-likeness (QED) is 0.324. The summed E-state index contributed by atoms with van der Waals surface area (Å²) >= 11 is 0. The molecule has 0 bridgehead atoms. The zero-order valence-corrected chi connectivity index (χ0v) is 18.6. The summed E-state index contributed by atoms with van der Waals surface area (Å²) in [5, 5.41) is 14.0. The van der Waals surface area contributed by atoms with E-state index >= 15 is 0 Å². The number of fused-ring (bicyclic) bond motifs is 1. The van der Waals surface area contributed by atoms with Crippen molar-refractivity contribution in [1.29, 1.82) is 0 Å². The fraction of sp³-hybridized carbons (Fsp3) is 0.0909. The average molecular weight is 479 g/mol. The number of hydrogen-bond donors (Lipinski definition) is 3. The van der Waals surface area contributed by atoms with E-state index in [0.717, 1.165) is 11.6 Å². The fourth-order valence-corrected chi connectivity index (χ4v) is 4.49. The van der Waals surface area contributed by atoms with Crippen LogP contribution in [0, 0.1) is 12.7 Å². The Morgan fingerprint density at radius 3 is 2.65 bits per heavy atom. The lowest BCUT2D eigenvalue weighted by atomic mass is 10.2. The first-order valence-electron chi connectivity index (χ1n) is 10.1. The van der Waals surface area contributed by atoms with Crippen molar-refractivity contribution in [2.24, 2.45) is 0 Å². The molecule has 0 aliphatic heterocycles. The fourth-order valence-electron chi connectivity index (χ4n) is 3.27. The number of aromatic amines is 2. The number of benzene rings is 2. The zero-order valence-electron chi connectivity index (χ0n) is 17.8. The number of halogens is 1. The number of sulfonamides is 1. The lowest BCUT2D eigenvalue weighted by Crippen LogP contribution is -2.14. The maximum atomic E-state index is 14.1. The molecule has 0 aliphatic carbocycles. The van der Waals surface area contributed by atoms with Crippen molar-refractivity contribution in [2.45, 2.75) is 18.4 Å². The summed E-state index contributed by atoms with van der Waals surface area (Å²) in [4.78, 5) is 8.56. The van der Waals surface area contributed by atoms with Crippen LogP contribution in [0.3, 0.4) is 0 Å². The summed E-state index contributed by atoms with van der Waals surface area (Å²) in [6.07, 6.45) is 4.94. The van der Waals surface area contributed by atoms with Gasteiger partial charge in [0.15, 0.2) is 11.5 Å². The first kappa shape index (κ1) is 21.5. The van der Waals surface area contributed by atoms with E-state index in [1.54, 1.807) is 49.8 Å². The molecule has 0 fully saturated rings. The Morgan fingerprint density at radius 2 is 1.88 bits per heavy atom. The molecular weight excluding hydrogens is 461 g/mol. The van der Waals surface area contributed by atoms with Gasteiger partial charge in [0.2, 0.25) is 5.88 Å². The second-order valence-electron chi connectivity index (χ2n) is 7.50. The Kier molecular flexibility index (Phi) is 5.42. The van der Waals surface area contributed by atoms with Gasteiger partial charge < -0.3 is 4.74 Å². The monoisotopic (exact) mass is 479 g/mol. The molecule has 0 unspecified atom stereocenters. The molecule has 172 valence electrons. The van der Waals surface area contributed by atoms with E-state index in [0.29, 0.717) is 33.9 Å². The number of aromatic nitrogens is 6. The molecule has 0 aliphatic rings. The minimum atomic E-state index is -4.10. The minimum Gasteiger partial charge on any atom is -0.472 e. The van der Waals surface area contributed by atoms with Gasteiger partial charge in [0, 0.05) is 23.0 Å². The van der Waals surface area contributed by atoms with E-state index in [1.165, 1.54) is 12.1 Å². The lowest BCUT2D eigenvalue weighted by Gasteiger charge is -2.11. The molecule has 0 saturated carbocycles. The molecule has 10 nitrogen and oxygen atoms in total. The SMILES string of the molecule is Cc1ccc(F)c(S(=O)(=O)Nc2ccc(-c3nc(OCc4cn[nH]c4)c4cn[nH]c4n3)cc2)c1. The number of nitrogens with zero attached hydrogens (tertiary/aromatic N) is 4. The number of H-pyrrole nitrogens is 2. The molecule has 2 aromatic carbocycles. The highest BCUT2D eigenvalue weighted by Gasteiger charge is 2.20. The van der Waals surface area contributed by atoms with Gasteiger partial charge in [-0.2, -0.15) is 15.2 Å². The predicted octanol–water partition coefficient (Wildman–Crippen LogP) is 3.57. The van der Waals surface area contributed by atoms with Gasteiger partial charge in [-0.3, -0.25) is 14.9 Å². The summed E-state index contributed by atoms with van der Waals surface area (Å²) in [6.45, 7) is 1.94. The second-order valence-corrected chi connectivity index (χ2v) is 9.15. The number of ether oxygens (including phenoxy) is 1. The second kappa shape index (κ2) is 8.56. The highest BCUT2D eigenvalue weighted by atomic mass is 32.2. The van der Waals surface area contributed by atoms with E-state index in [2.05, 4.69) is 35.1 Å². The van der Waals surface area contributed by atoms with Gasteiger partial charge in [-0.1, -0.05) is 6.07 Å². The van der Waals surface area contributed by atoms with Crippen LogP contribution in [0.1, 0.15) is 11.1 Å². The average Bonchev–Trinajstić information content (AvgIpc) is 3.51. The van der Waals surface area contributed by atoms with Gasteiger partial charge in [0.25, 0.3) is 10.0 Å². The molecular formula is C22H18FN7O3S. The van der Waals surface area contributed by atoms with Crippen LogP contribution in [0.25, 0.3) is 22.4 Å². The third-order valence-corrected chi connectivity index (χ3v) is 6.37. The summed E-state index contributed by atoms with van der Waals surface area (Å²) in [7, 11) is -4.10. The third-order valence-electron chi connectivity index (χ3n) is 4.98. The summed E-state index contributed by atoms with van der Waals surface area (Å²) in [5.41, 5.74) is 2.86. The molecule has 3 aromatic heterocycles. The van der Waals surface area contributed by atoms with Crippen molar-refractivity contribution < 1.29 is 17.5 Å². The molecule has 0 amide bonds. The van der Waals surface area contributed by atoms with Crippen LogP contribution in [-0.4, -0.2) is 38.8 Å². The Hall–Kier alpha value is -4.32. The zero-order chi connectivity index (χ0) is 23.7. The highest BCUT2D eigenvalue weighted by molar-refractivity contribution is 7.92. The standard InChI is InChI=1S/C22H18FN7O3S/c1-13-2-7-18(23)19(8-13)34(31,32)30-16-5-3-15(4-6-16)20-27-21-17(11-26-29-21)22(28-20)33-12-14-9-24-25-10-14/h2-11,30H,12H2,1H3,(H,24,25)(H,26,27,28,29). The molecule has 12 heteroatoms. The molecule has 3 N–H and O–H groups in total. The van der Waals surface area contributed by atoms with E-state index in [-0.39, 0.29) is 12.3 Å². The lowest BCUT2D eigenvalue weighted by molar-refractivity contribution is 0.298. The molecule has 3 heterocycles. The van der Waals surface area contributed by atoms with E-state index in [4.69, 9.17) is 4.74 Å². The van der Waals surface area contributed by atoms with Crippen molar-refractivity contribution in [3.05, 3.63) is 78.0 Å². The van der Waals surface area contributed by atoms with Crippen LogP contribution in [0.2, 0.25) is 0 Å². The third kappa shape index (κ3) is 4.30. The van der Waals surface area contributed by atoms with Crippen molar-refractivity contribution >= 4 is 26.7 Å². The Morgan fingerprint density at radius 1 is 1.06 bits per heavy atom. The van der Waals surface area contributed by atoms with Gasteiger partial charge in [-0.05, 0) is 48.9 Å². The number of nitrogens with one attached hydrogen (secondary N) is 3. The molecule has 5 rings (SSSR count). The smallest absolute Gasteiger partial charge is 0.264 e. The molecule has 0 saturated heterocycles. The van der Waals surface area contributed by atoms with Crippen LogP contribution < -0.4 is 9.46 Å². The maximum Gasteiger partial charge on any atom is 0.264 e. The van der Waals surface area contributed by atoms with Crippen LogP contribution in [0.5, 0.6) is 5.88 Å². The van der Waals surface area contributed by atoms with Crippen molar-refractivity contribution in [3.8, 4) is 17.3 Å². The Bertz CT molecular complexity index is 1570. The molecule has 5 aromatic rings. The van der Waals surface area contributed by atoms with Gasteiger partial charge in [0.05, 0.1) is 12.4 Å². The number of hydrogen-bond acceptors (Lipinski definition) is 7. The van der Waals surface area contributed by atoms with Crippen LogP contribution in [0.15, 0.2) is 66.0 Å². The molecule has 0 atom stereocenters. The molecule has 34 heavy (non-hydrogen) atoms. The maximum absolute atomic E-state index is 14.1. The highest BCUT2D eigenvalue weighted by Crippen LogP contribution is 2.27. The van der Waals surface area contributed by atoms with E-state index in [9.17, 15) is 12.8 Å². The van der Waals surface area contributed by atoms with Gasteiger partial charge in [-0.25, -0.2) is 17.8 Å². The Balaban J connectivity index is 1.41. The topological polar surface area (TPSA) is 139 Å². The van der Waals surface area contributed by atoms with Crippen molar-refractivity contribution in [3.63, 3.8) is 0 Å². The summed E-state index contributed by atoms with van der Waals surface area (Å²) in [5.74, 6) is -0.119. The number of anilines is 1. The minimum absolute atomic E-state index is 0.253. The predicted molar refractivity (Wildman–Crippen MR) is 122 cm³/mol. The van der Waals surface area contributed by atoms with Gasteiger partial charge >= 0.3 is 0 Å². The van der Waals surface area contributed by atoms with E-state index in [1.807, 2.05) is 0 Å². The summed E-state index contributed by atoms with van der Waals surface area (Å²) < 4.78 is 47.6. The van der Waals surface area contributed by atoms with Gasteiger partial charge in [-0.15, -0.1) is 0 Å². The van der Waals surface area contributed by atoms with E-state index < -0.39 is 20.7 Å². The summed E-state index contributed by atoms with van der Waals surface area (Å²) in [6, 6.07) is 10.3. The van der Waals surface area contributed by atoms with Crippen LogP contribution >= 0.6 is 0 Å².